The van der Waals surface area contributed by atoms with Gasteiger partial charge in [0.1, 0.15) is 5.82 Å². The predicted molar refractivity (Wildman–Crippen MR) is 93.0 cm³/mol. The van der Waals surface area contributed by atoms with Crippen LogP contribution in [0.5, 0.6) is 0 Å². The SMILES string of the molecule is N#Cc1cccc(NC(=O)c2cncc(Nc3ccccc3F)c2)c1. The van der Waals surface area contributed by atoms with Crippen molar-refractivity contribution in [2.45, 2.75) is 0 Å². The summed E-state index contributed by atoms with van der Waals surface area (Å²) in [6.07, 6.45) is 2.91. The molecular weight excluding hydrogens is 319 g/mol. The molecule has 0 aliphatic heterocycles. The number of rotatable bonds is 4. The Morgan fingerprint density at radius 1 is 1.04 bits per heavy atom. The Morgan fingerprint density at radius 3 is 2.68 bits per heavy atom. The van der Waals surface area contributed by atoms with Crippen LogP contribution < -0.4 is 10.6 Å². The van der Waals surface area contributed by atoms with Crippen LogP contribution >= 0.6 is 0 Å². The second kappa shape index (κ2) is 7.23. The maximum atomic E-state index is 13.7. The highest BCUT2D eigenvalue weighted by atomic mass is 19.1. The number of aromatic nitrogens is 1. The zero-order valence-corrected chi connectivity index (χ0v) is 13.0. The van der Waals surface area contributed by atoms with E-state index >= 15 is 0 Å². The summed E-state index contributed by atoms with van der Waals surface area (Å²) in [4.78, 5) is 16.4. The molecular formula is C19H13FN4O. The number of carbonyl (C=O) groups excluding carboxylic acids is 1. The van der Waals surface area contributed by atoms with E-state index in [1.54, 1.807) is 48.5 Å². The molecule has 1 aromatic heterocycles. The number of nitriles is 1. The van der Waals surface area contributed by atoms with Crippen molar-refractivity contribution in [2.24, 2.45) is 0 Å². The number of nitrogens with one attached hydrogen (secondary N) is 2. The van der Waals surface area contributed by atoms with E-state index in [4.69, 9.17) is 5.26 Å². The molecule has 0 fully saturated rings. The van der Waals surface area contributed by atoms with E-state index in [0.29, 0.717) is 28.2 Å². The number of nitrogens with zero attached hydrogens (tertiary/aromatic N) is 2. The highest BCUT2D eigenvalue weighted by Crippen LogP contribution is 2.20. The third-order valence-electron chi connectivity index (χ3n) is 3.40. The lowest BCUT2D eigenvalue weighted by molar-refractivity contribution is 0.102. The fourth-order valence-electron chi connectivity index (χ4n) is 2.22. The molecule has 0 saturated carbocycles. The lowest BCUT2D eigenvalue weighted by Gasteiger charge is -2.09. The molecule has 2 aromatic carbocycles. The molecule has 0 atom stereocenters. The second-order valence-electron chi connectivity index (χ2n) is 5.21. The zero-order valence-electron chi connectivity index (χ0n) is 13.0. The molecule has 0 spiro atoms. The summed E-state index contributed by atoms with van der Waals surface area (Å²) < 4.78 is 13.7. The fourth-order valence-corrected chi connectivity index (χ4v) is 2.22. The first-order valence-electron chi connectivity index (χ1n) is 7.44. The maximum absolute atomic E-state index is 13.7. The van der Waals surface area contributed by atoms with Gasteiger partial charge in [-0.1, -0.05) is 18.2 Å². The zero-order chi connectivity index (χ0) is 17.6. The molecule has 0 bridgehead atoms. The Kier molecular flexibility index (Phi) is 4.67. The Hall–Kier alpha value is -3.72. The van der Waals surface area contributed by atoms with Crippen molar-refractivity contribution in [3.05, 3.63) is 83.9 Å². The van der Waals surface area contributed by atoms with Crippen molar-refractivity contribution in [1.82, 2.24) is 4.98 Å². The summed E-state index contributed by atoms with van der Waals surface area (Å²) in [5.74, 6) is -0.773. The monoisotopic (exact) mass is 332 g/mol. The van der Waals surface area contributed by atoms with Crippen molar-refractivity contribution in [3.63, 3.8) is 0 Å². The van der Waals surface area contributed by atoms with Crippen molar-refractivity contribution in [1.29, 1.82) is 5.26 Å². The number of carbonyl (C=O) groups is 1. The summed E-state index contributed by atoms with van der Waals surface area (Å²) in [5, 5.41) is 14.5. The average molecular weight is 332 g/mol. The molecule has 0 radical (unpaired) electrons. The van der Waals surface area contributed by atoms with Gasteiger partial charge in [0.15, 0.2) is 0 Å². The van der Waals surface area contributed by atoms with E-state index in [1.807, 2.05) is 6.07 Å². The van der Waals surface area contributed by atoms with E-state index in [1.165, 1.54) is 18.5 Å². The molecule has 1 heterocycles. The number of hydrogen-bond donors (Lipinski definition) is 2. The van der Waals surface area contributed by atoms with Crippen LogP contribution in [0.1, 0.15) is 15.9 Å². The topological polar surface area (TPSA) is 77.8 Å². The Morgan fingerprint density at radius 2 is 1.88 bits per heavy atom. The smallest absolute Gasteiger partial charge is 0.257 e. The summed E-state index contributed by atoms with van der Waals surface area (Å²) in [5.41, 5.74) is 2.05. The number of para-hydroxylation sites is 1. The third-order valence-corrected chi connectivity index (χ3v) is 3.40. The van der Waals surface area contributed by atoms with Gasteiger partial charge in [0, 0.05) is 11.9 Å². The van der Waals surface area contributed by atoms with Crippen molar-refractivity contribution >= 4 is 23.0 Å². The lowest BCUT2D eigenvalue weighted by Crippen LogP contribution is -2.12. The van der Waals surface area contributed by atoms with Crippen LogP contribution in [-0.4, -0.2) is 10.9 Å². The van der Waals surface area contributed by atoms with Gasteiger partial charge in [-0.15, -0.1) is 0 Å². The van der Waals surface area contributed by atoms with Crippen molar-refractivity contribution in [3.8, 4) is 6.07 Å². The number of anilines is 3. The van der Waals surface area contributed by atoms with Gasteiger partial charge in [-0.3, -0.25) is 9.78 Å². The summed E-state index contributed by atoms with van der Waals surface area (Å²) >= 11 is 0. The molecule has 1 amide bonds. The molecule has 0 saturated heterocycles. The van der Waals surface area contributed by atoms with E-state index in [-0.39, 0.29) is 5.91 Å². The standard InChI is InChI=1S/C19H13FN4O/c20-17-6-1-2-7-18(17)23-16-9-14(11-22-12-16)19(25)24-15-5-3-4-13(8-15)10-21/h1-9,11-12,23H,(H,24,25). The minimum Gasteiger partial charge on any atom is -0.352 e. The first-order chi connectivity index (χ1) is 12.2. The quantitative estimate of drug-likeness (QED) is 0.754. The summed E-state index contributed by atoms with van der Waals surface area (Å²) in [7, 11) is 0. The molecule has 122 valence electrons. The number of pyridine rings is 1. The number of hydrogen-bond acceptors (Lipinski definition) is 4. The van der Waals surface area contributed by atoms with Crippen LogP contribution in [0, 0.1) is 17.1 Å². The molecule has 2 N–H and O–H groups in total. The van der Waals surface area contributed by atoms with Gasteiger partial charge < -0.3 is 10.6 Å². The third kappa shape index (κ3) is 3.98. The lowest BCUT2D eigenvalue weighted by atomic mass is 10.2. The summed E-state index contributed by atoms with van der Waals surface area (Å²) in [6, 6.07) is 16.4. The van der Waals surface area contributed by atoms with Gasteiger partial charge in [-0.2, -0.15) is 5.26 Å². The summed E-state index contributed by atoms with van der Waals surface area (Å²) in [6.45, 7) is 0. The minimum atomic E-state index is -0.398. The van der Waals surface area contributed by atoms with Crippen LogP contribution in [0.25, 0.3) is 0 Å². The van der Waals surface area contributed by atoms with Gasteiger partial charge in [-0.05, 0) is 36.4 Å². The van der Waals surface area contributed by atoms with Crippen molar-refractivity contribution in [2.75, 3.05) is 10.6 Å². The Labute approximate surface area is 143 Å². The molecule has 25 heavy (non-hydrogen) atoms. The van der Waals surface area contributed by atoms with Crippen LogP contribution in [-0.2, 0) is 0 Å². The largest absolute Gasteiger partial charge is 0.352 e. The van der Waals surface area contributed by atoms with Gasteiger partial charge in [0.2, 0.25) is 0 Å². The molecule has 3 aromatic rings. The maximum Gasteiger partial charge on any atom is 0.257 e. The molecule has 0 unspecified atom stereocenters. The number of benzene rings is 2. The molecule has 6 heteroatoms. The predicted octanol–water partition coefficient (Wildman–Crippen LogP) is 4.09. The normalized spacial score (nSPS) is 9.92. The minimum absolute atomic E-state index is 0.295. The van der Waals surface area contributed by atoms with E-state index in [2.05, 4.69) is 15.6 Å². The number of amides is 1. The van der Waals surface area contributed by atoms with Gasteiger partial charge in [0.25, 0.3) is 5.91 Å². The van der Waals surface area contributed by atoms with Crippen molar-refractivity contribution < 1.29 is 9.18 Å². The highest BCUT2D eigenvalue weighted by Gasteiger charge is 2.09. The van der Waals surface area contributed by atoms with E-state index < -0.39 is 5.82 Å². The molecule has 3 rings (SSSR count). The molecule has 0 aliphatic carbocycles. The van der Waals surface area contributed by atoms with Crippen LogP contribution in [0.4, 0.5) is 21.5 Å². The Balaban J connectivity index is 1.77. The first kappa shape index (κ1) is 16.1. The van der Waals surface area contributed by atoms with Crippen LogP contribution in [0.15, 0.2) is 67.0 Å². The fraction of sp³-hybridized carbons (Fsp3) is 0. The van der Waals surface area contributed by atoms with Gasteiger partial charge in [0.05, 0.1) is 34.8 Å². The van der Waals surface area contributed by atoms with Crippen LogP contribution in [0.2, 0.25) is 0 Å². The Bertz CT molecular complexity index is 965. The molecule has 0 aliphatic rings. The van der Waals surface area contributed by atoms with Gasteiger partial charge in [-0.25, -0.2) is 4.39 Å². The van der Waals surface area contributed by atoms with E-state index in [0.717, 1.165) is 0 Å². The van der Waals surface area contributed by atoms with Gasteiger partial charge >= 0.3 is 0 Å². The van der Waals surface area contributed by atoms with E-state index in [9.17, 15) is 9.18 Å². The molecule has 5 nitrogen and oxygen atoms in total. The average Bonchev–Trinajstić information content (AvgIpc) is 2.64. The highest BCUT2D eigenvalue weighted by molar-refractivity contribution is 6.04. The second-order valence-corrected chi connectivity index (χ2v) is 5.21. The first-order valence-corrected chi connectivity index (χ1v) is 7.44. The van der Waals surface area contributed by atoms with Crippen LogP contribution in [0.3, 0.4) is 0 Å². The number of halogens is 1.